The summed E-state index contributed by atoms with van der Waals surface area (Å²) < 4.78 is 0. The van der Waals surface area contributed by atoms with E-state index in [1.54, 1.807) is 0 Å². The van der Waals surface area contributed by atoms with E-state index in [1.807, 2.05) is 30.3 Å². The maximum Gasteiger partial charge on any atom is 0.160 e. The molecule has 0 radical (unpaired) electrons. The lowest BCUT2D eigenvalue weighted by Gasteiger charge is -1.98. The number of aliphatic hydroxyl groups is 1. The van der Waals surface area contributed by atoms with Crippen LogP contribution in [-0.4, -0.2) is 20.1 Å². The number of para-hydroxylation sites is 1. The Kier molecular flexibility index (Phi) is 2.48. The number of aromatic nitrogens is 3. The van der Waals surface area contributed by atoms with Crippen LogP contribution in [-0.2, 0) is 0 Å². The summed E-state index contributed by atoms with van der Waals surface area (Å²) in [6, 6.07) is 9.41. The summed E-state index contributed by atoms with van der Waals surface area (Å²) in [5.41, 5.74) is 1.20. The molecule has 0 saturated heterocycles. The Labute approximate surface area is 87.2 Å². The lowest BCUT2D eigenvalue weighted by Crippen LogP contribution is -2.00. The molecule has 1 aromatic carbocycles. The molecule has 74 valence electrons. The SMILES string of the molecule is C#CC(O)c1cnn(-c2ccccc2)n1. The molecule has 4 nitrogen and oxygen atoms in total. The van der Waals surface area contributed by atoms with Gasteiger partial charge in [-0.25, -0.2) is 0 Å². The van der Waals surface area contributed by atoms with Crippen LogP contribution >= 0.6 is 0 Å². The first-order valence-corrected chi connectivity index (χ1v) is 4.43. The van der Waals surface area contributed by atoms with Crippen molar-refractivity contribution < 1.29 is 5.11 Å². The lowest BCUT2D eigenvalue weighted by molar-refractivity contribution is 0.233. The molecule has 2 rings (SSSR count). The minimum absolute atomic E-state index is 0.376. The minimum atomic E-state index is -0.998. The Bertz CT molecular complexity index is 484. The summed E-state index contributed by atoms with van der Waals surface area (Å²) >= 11 is 0. The van der Waals surface area contributed by atoms with E-state index in [0.717, 1.165) is 5.69 Å². The maximum absolute atomic E-state index is 9.34. The van der Waals surface area contributed by atoms with Gasteiger partial charge in [0.05, 0.1) is 11.9 Å². The second-order valence-corrected chi connectivity index (χ2v) is 2.96. The highest BCUT2D eigenvalue weighted by Crippen LogP contribution is 2.09. The quantitative estimate of drug-likeness (QED) is 0.732. The van der Waals surface area contributed by atoms with Crippen LogP contribution in [0.3, 0.4) is 0 Å². The van der Waals surface area contributed by atoms with Crippen molar-refractivity contribution in [2.24, 2.45) is 0 Å². The van der Waals surface area contributed by atoms with Crippen LogP contribution in [0.1, 0.15) is 11.8 Å². The highest BCUT2D eigenvalue weighted by atomic mass is 16.3. The Hall–Kier alpha value is -2.12. The second kappa shape index (κ2) is 3.95. The Morgan fingerprint density at radius 2 is 2.07 bits per heavy atom. The van der Waals surface area contributed by atoms with Gasteiger partial charge in [0.2, 0.25) is 0 Å². The third kappa shape index (κ3) is 1.87. The zero-order chi connectivity index (χ0) is 10.7. The van der Waals surface area contributed by atoms with Crippen molar-refractivity contribution in [3.05, 3.63) is 42.2 Å². The minimum Gasteiger partial charge on any atom is -0.374 e. The van der Waals surface area contributed by atoms with Crippen LogP contribution in [0.25, 0.3) is 5.69 Å². The molecule has 1 unspecified atom stereocenters. The average molecular weight is 199 g/mol. The van der Waals surface area contributed by atoms with Crippen molar-refractivity contribution in [3.8, 4) is 18.0 Å². The number of nitrogens with zero attached hydrogens (tertiary/aromatic N) is 3. The van der Waals surface area contributed by atoms with Crippen LogP contribution in [0.5, 0.6) is 0 Å². The topological polar surface area (TPSA) is 50.9 Å². The van der Waals surface area contributed by atoms with Gasteiger partial charge >= 0.3 is 0 Å². The van der Waals surface area contributed by atoms with Gasteiger partial charge in [-0.05, 0) is 12.1 Å². The number of hydrogen-bond donors (Lipinski definition) is 1. The van der Waals surface area contributed by atoms with Crippen molar-refractivity contribution in [2.45, 2.75) is 6.10 Å². The molecule has 1 heterocycles. The molecule has 0 fully saturated rings. The van der Waals surface area contributed by atoms with E-state index in [9.17, 15) is 5.11 Å². The van der Waals surface area contributed by atoms with Crippen LogP contribution in [0.15, 0.2) is 36.5 Å². The fourth-order valence-electron chi connectivity index (χ4n) is 1.17. The number of benzene rings is 1. The molecular formula is C11H9N3O. The second-order valence-electron chi connectivity index (χ2n) is 2.96. The van der Waals surface area contributed by atoms with Crippen LogP contribution in [0.2, 0.25) is 0 Å². The Balaban J connectivity index is 2.33. The average Bonchev–Trinajstić information content (AvgIpc) is 2.78. The summed E-state index contributed by atoms with van der Waals surface area (Å²) in [4.78, 5) is 1.43. The van der Waals surface area contributed by atoms with Gasteiger partial charge in [-0.2, -0.15) is 9.90 Å². The molecule has 0 saturated carbocycles. The monoisotopic (exact) mass is 199 g/mol. The molecule has 1 atom stereocenters. The van der Waals surface area contributed by atoms with Crippen LogP contribution < -0.4 is 0 Å². The summed E-state index contributed by atoms with van der Waals surface area (Å²) in [5, 5.41) is 17.4. The molecule has 15 heavy (non-hydrogen) atoms. The molecule has 0 aliphatic heterocycles. The van der Waals surface area contributed by atoms with Crippen molar-refractivity contribution in [2.75, 3.05) is 0 Å². The van der Waals surface area contributed by atoms with Gasteiger partial charge in [0.1, 0.15) is 5.69 Å². The molecule has 1 N–H and O–H groups in total. The maximum atomic E-state index is 9.34. The highest BCUT2D eigenvalue weighted by molar-refractivity contribution is 5.28. The molecule has 2 aromatic rings. The first kappa shape index (κ1) is 9.44. The molecule has 0 aliphatic rings. The van der Waals surface area contributed by atoms with Crippen molar-refractivity contribution in [3.63, 3.8) is 0 Å². The van der Waals surface area contributed by atoms with Gasteiger partial charge < -0.3 is 5.11 Å². The first-order chi connectivity index (χ1) is 7.31. The number of hydrogen-bond acceptors (Lipinski definition) is 3. The van der Waals surface area contributed by atoms with Gasteiger partial charge in [0.25, 0.3) is 0 Å². The van der Waals surface area contributed by atoms with Crippen LogP contribution in [0.4, 0.5) is 0 Å². The van der Waals surface area contributed by atoms with Gasteiger partial charge in [0, 0.05) is 0 Å². The molecule has 0 spiro atoms. The van der Waals surface area contributed by atoms with E-state index in [4.69, 9.17) is 6.42 Å². The first-order valence-electron chi connectivity index (χ1n) is 4.43. The number of aliphatic hydroxyl groups excluding tert-OH is 1. The predicted molar refractivity (Wildman–Crippen MR) is 55.2 cm³/mol. The summed E-state index contributed by atoms with van der Waals surface area (Å²) in [6.45, 7) is 0. The predicted octanol–water partition coefficient (Wildman–Crippen LogP) is 0.934. The van der Waals surface area contributed by atoms with Crippen molar-refractivity contribution in [1.29, 1.82) is 0 Å². The van der Waals surface area contributed by atoms with E-state index in [2.05, 4.69) is 16.1 Å². The van der Waals surface area contributed by atoms with E-state index in [-0.39, 0.29) is 0 Å². The fourth-order valence-corrected chi connectivity index (χ4v) is 1.17. The molecule has 4 heteroatoms. The molecule has 0 aliphatic carbocycles. The van der Waals surface area contributed by atoms with E-state index >= 15 is 0 Å². The zero-order valence-corrected chi connectivity index (χ0v) is 7.91. The van der Waals surface area contributed by atoms with E-state index < -0.39 is 6.10 Å². The Morgan fingerprint density at radius 3 is 2.73 bits per heavy atom. The fraction of sp³-hybridized carbons (Fsp3) is 0.0909. The van der Waals surface area contributed by atoms with Crippen molar-refractivity contribution >= 4 is 0 Å². The summed E-state index contributed by atoms with van der Waals surface area (Å²) in [5.74, 6) is 2.19. The summed E-state index contributed by atoms with van der Waals surface area (Å²) in [6.07, 6.45) is 5.53. The standard InChI is InChI=1S/C11H9N3O/c1-2-11(15)10-8-12-14(13-10)9-6-4-3-5-7-9/h1,3-8,11,15H. The lowest BCUT2D eigenvalue weighted by atomic mass is 10.3. The smallest absolute Gasteiger partial charge is 0.160 e. The van der Waals surface area contributed by atoms with Gasteiger partial charge in [-0.3, -0.25) is 0 Å². The van der Waals surface area contributed by atoms with Gasteiger partial charge in [-0.15, -0.1) is 11.5 Å². The van der Waals surface area contributed by atoms with Gasteiger partial charge in [0.15, 0.2) is 6.10 Å². The summed E-state index contributed by atoms with van der Waals surface area (Å²) in [7, 11) is 0. The van der Waals surface area contributed by atoms with Crippen molar-refractivity contribution in [1.82, 2.24) is 15.0 Å². The van der Waals surface area contributed by atoms with E-state index in [0.29, 0.717) is 5.69 Å². The van der Waals surface area contributed by atoms with E-state index in [1.165, 1.54) is 11.0 Å². The molecule has 0 amide bonds. The largest absolute Gasteiger partial charge is 0.374 e. The highest BCUT2D eigenvalue weighted by Gasteiger charge is 2.08. The van der Waals surface area contributed by atoms with Crippen LogP contribution in [0, 0.1) is 12.3 Å². The molecule has 1 aromatic heterocycles. The third-order valence-electron chi connectivity index (χ3n) is 1.93. The molecule has 0 bridgehead atoms. The number of terminal acetylenes is 1. The Morgan fingerprint density at radius 1 is 1.33 bits per heavy atom. The number of rotatable bonds is 2. The van der Waals surface area contributed by atoms with Gasteiger partial charge in [-0.1, -0.05) is 24.1 Å². The molecular weight excluding hydrogens is 190 g/mol. The normalized spacial score (nSPS) is 12.0. The third-order valence-corrected chi connectivity index (χ3v) is 1.93. The zero-order valence-electron chi connectivity index (χ0n) is 7.91.